The van der Waals surface area contributed by atoms with Gasteiger partial charge in [-0.1, -0.05) is 26.0 Å². The summed E-state index contributed by atoms with van der Waals surface area (Å²) in [6.07, 6.45) is 0. The Morgan fingerprint density at radius 2 is 1.92 bits per heavy atom. The van der Waals surface area contributed by atoms with Gasteiger partial charge in [-0.3, -0.25) is 9.59 Å². The van der Waals surface area contributed by atoms with Crippen molar-refractivity contribution in [1.29, 1.82) is 0 Å². The molecule has 1 aromatic heterocycles. The summed E-state index contributed by atoms with van der Waals surface area (Å²) in [5, 5.41) is 5.40. The minimum atomic E-state index is -0.616. The van der Waals surface area contributed by atoms with Crippen LogP contribution in [0.25, 0.3) is 11.0 Å². The summed E-state index contributed by atoms with van der Waals surface area (Å²) in [5.41, 5.74) is 7.63. The van der Waals surface area contributed by atoms with Crippen LogP contribution in [0.4, 0.5) is 0 Å². The predicted molar refractivity (Wildman–Crippen MR) is 93.1 cm³/mol. The number of carbonyl (C=O) groups excluding carboxylic acids is 2. The van der Waals surface area contributed by atoms with E-state index in [-0.39, 0.29) is 30.3 Å². The zero-order valence-electron chi connectivity index (χ0n) is 14.5. The van der Waals surface area contributed by atoms with Crippen LogP contribution in [0.15, 0.2) is 24.3 Å². The summed E-state index contributed by atoms with van der Waals surface area (Å²) in [5.74, 6) is 0.177. The van der Waals surface area contributed by atoms with E-state index in [1.807, 2.05) is 56.7 Å². The number of benzene rings is 1. The van der Waals surface area contributed by atoms with Crippen LogP contribution in [-0.4, -0.2) is 34.0 Å². The van der Waals surface area contributed by atoms with Gasteiger partial charge in [0.15, 0.2) is 0 Å². The number of nitrogens with one attached hydrogen (secondary N) is 2. The monoisotopic (exact) mass is 331 g/mol. The summed E-state index contributed by atoms with van der Waals surface area (Å²) < 4.78 is 1.95. The van der Waals surface area contributed by atoms with Gasteiger partial charge in [0.25, 0.3) is 0 Å². The molecule has 0 saturated heterocycles. The molecular weight excluding hydrogens is 306 g/mol. The van der Waals surface area contributed by atoms with Gasteiger partial charge in [-0.15, -0.1) is 0 Å². The molecule has 0 bridgehead atoms. The van der Waals surface area contributed by atoms with E-state index in [0.29, 0.717) is 0 Å². The highest BCUT2D eigenvalue weighted by atomic mass is 16.2. The lowest BCUT2D eigenvalue weighted by molar-refractivity contribution is -0.127. The topological polar surface area (TPSA) is 102 Å². The average molecular weight is 331 g/mol. The fraction of sp³-hybridized carbons (Fsp3) is 0.471. The molecule has 0 spiro atoms. The molecule has 2 amide bonds. The third kappa shape index (κ3) is 3.91. The minimum absolute atomic E-state index is 0.0204. The van der Waals surface area contributed by atoms with Crippen molar-refractivity contribution < 1.29 is 9.59 Å². The molecule has 7 nitrogen and oxygen atoms in total. The fourth-order valence-electron chi connectivity index (χ4n) is 2.50. The van der Waals surface area contributed by atoms with Gasteiger partial charge in [-0.2, -0.15) is 0 Å². The Morgan fingerprint density at radius 1 is 1.25 bits per heavy atom. The Bertz CT molecular complexity index is 738. The molecule has 0 aliphatic heterocycles. The number of nitrogens with zero attached hydrogens (tertiary/aromatic N) is 2. The first kappa shape index (κ1) is 17.9. The highest BCUT2D eigenvalue weighted by molar-refractivity contribution is 5.87. The SMILES string of the molecule is CC(NC(=O)CNC(=O)[C@@H](N)C(C)C)c1nc2ccccc2n1C. The highest BCUT2D eigenvalue weighted by Crippen LogP contribution is 2.18. The van der Waals surface area contributed by atoms with E-state index in [1.165, 1.54) is 0 Å². The standard InChI is InChI=1S/C17H25N5O2/c1-10(2)15(18)17(24)19-9-14(23)20-11(3)16-21-12-7-5-6-8-13(12)22(16)4/h5-8,10-11,15H,9,18H2,1-4H3,(H,19,24)(H,20,23)/t11?,15-/m0/s1. The first-order chi connectivity index (χ1) is 11.3. The molecule has 7 heteroatoms. The zero-order valence-corrected chi connectivity index (χ0v) is 14.5. The summed E-state index contributed by atoms with van der Waals surface area (Å²) in [6, 6.07) is 6.90. The van der Waals surface area contributed by atoms with Crippen molar-refractivity contribution in [2.45, 2.75) is 32.9 Å². The third-order valence-corrected chi connectivity index (χ3v) is 4.03. The third-order valence-electron chi connectivity index (χ3n) is 4.03. The normalized spacial score (nSPS) is 13.8. The molecule has 2 rings (SSSR count). The van der Waals surface area contributed by atoms with Crippen molar-refractivity contribution >= 4 is 22.8 Å². The molecule has 130 valence electrons. The highest BCUT2D eigenvalue weighted by Gasteiger charge is 2.19. The van der Waals surface area contributed by atoms with Gasteiger partial charge in [0.2, 0.25) is 11.8 Å². The number of fused-ring (bicyclic) bond motifs is 1. The van der Waals surface area contributed by atoms with Crippen molar-refractivity contribution in [3.8, 4) is 0 Å². The Kier molecular flexibility index (Phi) is 5.56. The number of imidazole rings is 1. The maximum absolute atomic E-state index is 12.0. The van der Waals surface area contributed by atoms with E-state index in [2.05, 4.69) is 15.6 Å². The maximum Gasteiger partial charge on any atom is 0.239 e. The molecule has 4 N–H and O–H groups in total. The summed E-state index contributed by atoms with van der Waals surface area (Å²) in [6.45, 7) is 5.48. The lowest BCUT2D eigenvalue weighted by Gasteiger charge is -2.17. The van der Waals surface area contributed by atoms with E-state index in [4.69, 9.17) is 5.73 Å². The molecule has 24 heavy (non-hydrogen) atoms. The van der Waals surface area contributed by atoms with E-state index < -0.39 is 6.04 Å². The van der Waals surface area contributed by atoms with E-state index in [1.54, 1.807) is 0 Å². The van der Waals surface area contributed by atoms with E-state index >= 15 is 0 Å². The quantitative estimate of drug-likeness (QED) is 0.730. The van der Waals surface area contributed by atoms with Crippen molar-refractivity contribution in [3.63, 3.8) is 0 Å². The molecule has 0 aliphatic carbocycles. The number of aryl methyl sites for hydroxylation is 1. The summed E-state index contributed by atoms with van der Waals surface area (Å²) >= 11 is 0. The van der Waals surface area contributed by atoms with Gasteiger partial charge in [0, 0.05) is 7.05 Å². The van der Waals surface area contributed by atoms with E-state index in [0.717, 1.165) is 16.9 Å². The zero-order chi connectivity index (χ0) is 17.9. The molecule has 0 saturated carbocycles. The second-order valence-electron chi connectivity index (χ2n) is 6.29. The Morgan fingerprint density at radius 3 is 2.54 bits per heavy atom. The Balaban J connectivity index is 1.96. The molecule has 2 aromatic rings. The van der Waals surface area contributed by atoms with Crippen molar-refractivity contribution in [2.24, 2.45) is 18.7 Å². The molecule has 0 fully saturated rings. The fourth-order valence-corrected chi connectivity index (χ4v) is 2.50. The predicted octanol–water partition coefficient (Wildman–Crippen LogP) is 0.850. The number of hydrogen-bond acceptors (Lipinski definition) is 4. The molecular formula is C17H25N5O2. The first-order valence-electron chi connectivity index (χ1n) is 8.05. The average Bonchev–Trinajstić information content (AvgIpc) is 2.89. The number of aromatic nitrogens is 2. The van der Waals surface area contributed by atoms with Crippen LogP contribution in [0.1, 0.15) is 32.6 Å². The molecule has 1 heterocycles. The number of amides is 2. The van der Waals surface area contributed by atoms with Crippen molar-refractivity contribution in [2.75, 3.05) is 6.54 Å². The number of rotatable bonds is 6. The molecule has 0 aliphatic rings. The lowest BCUT2D eigenvalue weighted by atomic mass is 10.1. The van der Waals surface area contributed by atoms with Gasteiger partial charge < -0.3 is 20.9 Å². The number of para-hydroxylation sites is 2. The maximum atomic E-state index is 12.0. The molecule has 1 unspecified atom stereocenters. The number of carbonyl (C=O) groups is 2. The van der Waals surface area contributed by atoms with Gasteiger partial charge in [0.05, 0.1) is 29.7 Å². The van der Waals surface area contributed by atoms with Crippen LogP contribution >= 0.6 is 0 Å². The second-order valence-corrected chi connectivity index (χ2v) is 6.29. The van der Waals surface area contributed by atoms with Crippen molar-refractivity contribution in [1.82, 2.24) is 20.2 Å². The smallest absolute Gasteiger partial charge is 0.239 e. The van der Waals surface area contributed by atoms with E-state index in [9.17, 15) is 9.59 Å². The second kappa shape index (κ2) is 7.44. The molecule has 0 radical (unpaired) electrons. The number of hydrogen-bond donors (Lipinski definition) is 3. The first-order valence-corrected chi connectivity index (χ1v) is 8.05. The van der Waals surface area contributed by atoms with Crippen molar-refractivity contribution in [3.05, 3.63) is 30.1 Å². The molecule has 2 atom stereocenters. The lowest BCUT2D eigenvalue weighted by Crippen LogP contribution is -2.47. The van der Waals surface area contributed by atoms with Gasteiger partial charge in [-0.25, -0.2) is 4.98 Å². The van der Waals surface area contributed by atoms with Gasteiger partial charge in [0.1, 0.15) is 5.82 Å². The Labute approximate surface area is 141 Å². The van der Waals surface area contributed by atoms with Crippen LogP contribution in [0.3, 0.4) is 0 Å². The van der Waals surface area contributed by atoms with Crippen LogP contribution in [0.5, 0.6) is 0 Å². The van der Waals surface area contributed by atoms with Crippen LogP contribution in [-0.2, 0) is 16.6 Å². The van der Waals surface area contributed by atoms with Crippen LogP contribution in [0, 0.1) is 5.92 Å². The van der Waals surface area contributed by atoms with Crippen LogP contribution < -0.4 is 16.4 Å². The largest absolute Gasteiger partial charge is 0.346 e. The Hall–Kier alpha value is -2.41. The van der Waals surface area contributed by atoms with Gasteiger partial charge >= 0.3 is 0 Å². The summed E-state index contributed by atoms with van der Waals surface area (Å²) in [7, 11) is 1.91. The van der Waals surface area contributed by atoms with Crippen LogP contribution in [0.2, 0.25) is 0 Å². The minimum Gasteiger partial charge on any atom is -0.346 e. The summed E-state index contributed by atoms with van der Waals surface area (Å²) in [4.78, 5) is 28.4. The molecule has 1 aromatic carbocycles. The van der Waals surface area contributed by atoms with Gasteiger partial charge in [-0.05, 0) is 25.0 Å². The number of nitrogens with two attached hydrogens (primary N) is 1.